The van der Waals surface area contributed by atoms with E-state index in [1.165, 1.54) is 32.1 Å². The smallest absolute Gasteiger partial charge is 0.240 e. The Morgan fingerprint density at radius 2 is 1.90 bits per heavy atom. The van der Waals surface area contributed by atoms with Gasteiger partial charge in [-0.2, -0.15) is 5.26 Å². The van der Waals surface area contributed by atoms with Crippen molar-refractivity contribution >= 4 is 5.91 Å². The highest BCUT2D eigenvalue weighted by molar-refractivity contribution is 5.85. The SMILES string of the molecule is N#CC1(C(=O)NCCCOC2CCCCC2)CCCC1. The summed E-state index contributed by atoms with van der Waals surface area (Å²) in [6, 6.07) is 2.23. The standard InChI is InChI=1S/C16H26N2O2/c17-13-16(9-4-5-10-16)15(19)18-11-6-12-20-14-7-2-1-3-8-14/h14H,1-12H2,(H,18,19). The maximum Gasteiger partial charge on any atom is 0.240 e. The van der Waals surface area contributed by atoms with Crippen LogP contribution in [-0.2, 0) is 9.53 Å². The number of rotatable bonds is 6. The molecule has 0 spiro atoms. The Balaban J connectivity index is 1.58. The summed E-state index contributed by atoms with van der Waals surface area (Å²) in [6.45, 7) is 1.33. The molecule has 1 amide bonds. The summed E-state index contributed by atoms with van der Waals surface area (Å²) in [5.74, 6) is -0.0739. The number of amides is 1. The van der Waals surface area contributed by atoms with Crippen LogP contribution in [0.3, 0.4) is 0 Å². The lowest BCUT2D eigenvalue weighted by Crippen LogP contribution is -2.39. The van der Waals surface area contributed by atoms with Gasteiger partial charge in [-0.1, -0.05) is 32.1 Å². The van der Waals surface area contributed by atoms with Crippen LogP contribution >= 0.6 is 0 Å². The molecule has 2 aliphatic rings. The molecule has 112 valence electrons. The summed E-state index contributed by atoms with van der Waals surface area (Å²) in [5, 5.41) is 12.1. The van der Waals surface area contributed by atoms with Crippen molar-refractivity contribution in [2.24, 2.45) is 5.41 Å². The summed E-state index contributed by atoms with van der Waals surface area (Å²) < 4.78 is 5.83. The average Bonchev–Trinajstić information content (AvgIpc) is 2.98. The first kappa shape index (κ1) is 15.3. The summed E-state index contributed by atoms with van der Waals surface area (Å²) in [7, 11) is 0. The van der Waals surface area contributed by atoms with Gasteiger partial charge in [-0.3, -0.25) is 4.79 Å². The zero-order valence-corrected chi connectivity index (χ0v) is 12.3. The Hall–Kier alpha value is -1.08. The van der Waals surface area contributed by atoms with E-state index < -0.39 is 5.41 Å². The number of nitrogens with one attached hydrogen (secondary N) is 1. The van der Waals surface area contributed by atoms with Crippen molar-refractivity contribution in [1.29, 1.82) is 5.26 Å². The predicted molar refractivity (Wildman–Crippen MR) is 77.0 cm³/mol. The first-order valence-corrected chi connectivity index (χ1v) is 8.08. The monoisotopic (exact) mass is 278 g/mol. The number of carbonyl (C=O) groups excluding carboxylic acids is 1. The highest BCUT2D eigenvalue weighted by atomic mass is 16.5. The van der Waals surface area contributed by atoms with E-state index in [-0.39, 0.29) is 5.91 Å². The number of hydrogen-bond donors (Lipinski definition) is 1. The fraction of sp³-hybridized carbons (Fsp3) is 0.875. The number of nitrogens with zero attached hydrogens (tertiary/aromatic N) is 1. The van der Waals surface area contributed by atoms with E-state index in [2.05, 4.69) is 11.4 Å². The third-order valence-corrected chi connectivity index (χ3v) is 4.62. The van der Waals surface area contributed by atoms with E-state index in [0.29, 0.717) is 32.1 Å². The van der Waals surface area contributed by atoms with Gasteiger partial charge in [-0.25, -0.2) is 0 Å². The van der Waals surface area contributed by atoms with E-state index in [1.807, 2.05) is 0 Å². The van der Waals surface area contributed by atoms with Crippen LogP contribution in [0.1, 0.15) is 64.2 Å². The lowest BCUT2D eigenvalue weighted by molar-refractivity contribution is -0.128. The molecule has 0 saturated heterocycles. The Bertz CT molecular complexity index is 350. The van der Waals surface area contributed by atoms with Crippen molar-refractivity contribution in [2.45, 2.75) is 70.3 Å². The first-order valence-electron chi connectivity index (χ1n) is 8.08. The minimum absolute atomic E-state index is 0.0739. The highest BCUT2D eigenvalue weighted by Gasteiger charge is 2.41. The molecule has 2 aliphatic carbocycles. The first-order chi connectivity index (χ1) is 9.77. The molecule has 0 aromatic carbocycles. The molecule has 2 fully saturated rings. The molecule has 2 rings (SSSR count). The molecule has 0 aromatic heterocycles. The van der Waals surface area contributed by atoms with Crippen molar-refractivity contribution in [2.75, 3.05) is 13.2 Å². The van der Waals surface area contributed by atoms with Crippen LogP contribution in [0.25, 0.3) is 0 Å². The second-order valence-electron chi connectivity index (χ2n) is 6.14. The molecule has 0 bridgehead atoms. The van der Waals surface area contributed by atoms with Crippen LogP contribution < -0.4 is 5.32 Å². The topological polar surface area (TPSA) is 62.1 Å². The fourth-order valence-electron chi connectivity index (χ4n) is 3.29. The highest BCUT2D eigenvalue weighted by Crippen LogP contribution is 2.37. The second-order valence-corrected chi connectivity index (χ2v) is 6.14. The zero-order valence-electron chi connectivity index (χ0n) is 12.3. The van der Waals surface area contributed by atoms with Crippen LogP contribution in [0, 0.1) is 16.7 Å². The molecular weight excluding hydrogens is 252 g/mol. The van der Waals surface area contributed by atoms with Gasteiger partial charge in [0.05, 0.1) is 12.2 Å². The van der Waals surface area contributed by atoms with Crippen molar-refractivity contribution in [3.8, 4) is 6.07 Å². The number of carbonyl (C=O) groups is 1. The maximum atomic E-state index is 12.1. The van der Waals surface area contributed by atoms with E-state index >= 15 is 0 Å². The predicted octanol–water partition coefficient (Wildman–Crippen LogP) is 2.93. The number of ether oxygens (including phenoxy) is 1. The van der Waals surface area contributed by atoms with Crippen LogP contribution in [-0.4, -0.2) is 25.2 Å². The van der Waals surface area contributed by atoms with Gasteiger partial charge < -0.3 is 10.1 Å². The molecule has 4 nitrogen and oxygen atoms in total. The summed E-state index contributed by atoms with van der Waals surface area (Å²) in [5.41, 5.74) is -0.746. The molecule has 0 atom stereocenters. The Kier molecular flexibility index (Phi) is 5.85. The van der Waals surface area contributed by atoms with Gasteiger partial charge in [0.25, 0.3) is 0 Å². The third kappa shape index (κ3) is 3.96. The molecule has 2 saturated carbocycles. The summed E-state index contributed by atoms with van der Waals surface area (Å²) in [6.07, 6.45) is 11.0. The molecular formula is C16H26N2O2. The molecule has 0 aliphatic heterocycles. The molecule has 20 heavy (non-hydrogen) atoms. The van der Waals surface area contributed by atoms with E-state index in [9.17, 15) is 10.1 Å². The minimum Gasteiger partial charge on any atom is -0.378 e. The lowest BCUT2D eigenvalue weighted by atomic mass is 9.87. The second kappa shape index (κ2) is 7.64. The molecule has 0 unspecified atom stereocenters. The average molecular weight is 278 g/mol. The Morgan fingerprint density at radius 1 is 1.20 bits per heavy atom. The molecule has 1 N–H and O–H groups in total. The molecule has 0 radical (unpaired) electrons. The normalized spacial score (nSPS) is 22.4. The largest absolute Gasteiger partial charge is 0.378 e. The Morgan fingerprint density at radius 3 is 2.55 bits per heavy atom. The zero-order chi connectivity index (χ0) is 14.3. The van der Waals surface area contributed by atoms with Gasteiger partial charge in [-0.15, -0.1) is 0 Å². The maximum absolute atomic E-state index is 12.1. The minimum atomic E-state index is -0.746. The van der Waals surface area contributed by atoms with Crippen molar-refractivity contribution in [3.05, 3.63) is 0 Å². The lowest BCUT2D eigenvalue weighted by Gasteiger charge is -2.22. The van der Waals surface area contributed by atoms with Gasteiger partial charge in [0.1, 0.15) is 5.41 Å². The van der Waals surface area contributed by atoms with E-state index in [0.717, 1.165) is 19.3 Å². The van der Waals surface area contributed by atoms with Gasteiger partial charge in [0.15, 0.2) is 0 Å². The van der Waals surface area contributed by atoms with Crippen molar-refractivity contribution in [3.63, 3.8) is 0 Å². The van der Waals surface area contributed by atoms with E-state index in [1.54, 1.807) is 0 Å². The van der Waals surface area contributed by atoms with Gasteiger partial charge in [0, 0.05) is 13.2 Å². The van der Waals surface area contributed by atoms with Crippen LogP contribution in [0.2, 0.25) is 0 Å². The summed E-state index contributed by atoms with van der Waals surface area (Å²) >= 11 is 0. The molecule has 0 heterocycles. The van der Waals surface area contributed by atoms with E-state index in [4.69, 9.17) is 4.74 Å². The van der Waals surface area contributed by atoms with Gasteiger partial charge in [0.2, 0.25) is 5.91 Å². The van der Waals surface area contributed by atoms with Crippen molar-refractivity contribution in [1.82, 2.24) is 5.32 Å². The van der Waals surface area contributed by atoms with Gasteiger partial charge in [-0.05, 0) is 32.1 Å². The molecule has 0 aromatic rings. The fourth-order valence-corrected chi connectivity index (χ4v) is 3.29. The molecule has 4 heteroatoms. The third-order valence-electron chi connectivity index (χ3n) is 4.62. The summed E-state index contributed by atoms with van der Waals surface area (Å²) in [4.78, 5) is 12.1. The quantitative estimate of drug-likeness (QED) is 0.760. The number of nitriles is 1. The van der Waals surface area contributed by atoms with Crippen LogP contribution in [0.5, 0.6) is 0 Å². The van der Waals surface area contributed by atoms with Gasteiger partial charge >= 0.3 is 0 Å². The van der Waals surface area contributed by atoms with Crippen molar-refractivity contribution < 1.29 is 9.53 Å². The van der Waals surface area contributed by atoms with Crippen LogP contribution in [0.15, 0.2) is 0 Å². The number of hydrogen-bond acceptors (Lipinski definition) is 3. The van der Waals surface area contributed by atoms with Crippen LogP contribution in [0.4, 0.5) is 0 Å². The Labute approximate surface area is 121 Å².